The summed E-state index contributed by atoms with van der Waals surface area (Å²) < 4.78 is 5.20. The molecule has 3 aliphatic rings. The van der Waals surface area contributed by atoms with E-state index in [0.717, 1.165) is 82.4 Å². The number of likely N-dealkylation sites (tertiary alicyclic amines) is 2. The Hall–Kier alpha value is -2.86. The van der Waals surface area contributed by atoms with E-state index >= 15 is 0 Å². The number of methoxy groups -OCH3 is 1. The molecule has 0 aromatic heterocycles. The van der Waals surface area contributed by atoms with E-state index in [1.807, 2.05) is 29.2 Å². The van der Waals surface area contributed by atoms with Crippen molar-refractivity contribution in [3.63, 3.8) is 0 Å². The van der Waals surface area contributed by atoms with Crippen molar-refractivity contribution < 1.29 is 14.3 Å². The highest BCUT2D eigenvalue weighted by atomic mass is 16.5. The molecular formula is C30H39N3O3. The topological polar surface area (TPSA) is 61.9 Å². The molecule has 0 spiro atoms. The summed E-state index contributed by atoms with van der Waals surface area (Å²) in [5.41, 5.74) is 3.72. The number of rotatable bonds is 6. The van der Waals surface area contributed by atoms with E-state index in [2.05, 4.69) is 34.5 Å². The molecule has 5 rings (SSSR count). The third-order valence-electron chi connectivity index (χ3n) is 8.43. The van der Waals surface area contributed by atoms with Gasteiger partial charge in [0.25, 0.3) is 0 Å². The molecule has 1 N–H and O–H groups in total. The van der Waals surface area contributed by atoms with Gasteiger partial charge in [-0.25, -0.2) is 0 Å². The van der Waals surface area contributed by atoms with Crippen molar-refractivity contribution in [2.24, 2.45) is 5.92 Å². The van der Waals surface area contributed by atoms with Crippen molar-refractivity contribution in [1.82, 2.24) is 15.1 Å². The van der Waals surface area contributed by atoms with Gasteiger partial charge in [-0.15, -0.1) is 0 Å². The Bertz CT molecular complexity index is 1040. The van der Waals surface area contributed by atoms with Crippen LogP contribution in [-0.2, 0) is 22.4 Å². The van der Waals surface area contributed by atoms with Gasteiger partial charge in [0.2, 0.25) is 11.8 Å². The molecule has 2 heterocycles. The minimum Gasteiger partial charge on any atom is -0.497 e. The van der Waals surface area contributed by atoms with E-state index in [9.17, 15) is 9.59 Å². The molecule has 2 aliphatic heterocycles. The second kappa shape index (κ2) is 11.5. The van der Waals surface area contributed by atoms with E-state index in [1.54, 1.807) is 7.11 Å². The van der Waals surface area contributed by atoms with Gasteiger partial charge < -0.3 is 19.9 Å². The minimum atomic E-state index is 0.113. The zero-order valence-corrected chi connectivity index (χ0v) is 21.5. The molecule has 36 heavy (non-hydrogen) atoms. The van der Waals surface area contributed by atoms with Gasteiger partial charge in [0.1, 0.15) is 5.75 Å². The van der Waals surface area contributed by atoms with Crippen molar-refractivity contribution in [2.45, 2.75) is 63.5 Å². The third-order valence-corrected chi connectivity index (χ3v) is 8.43. The number of hydrogen-bond acceptors (Lipinski definition) is 4. The number of hydrogen-bond donors (Lipinski definition) is 1. The first kappa shape index (κ1) is 24.8. The number of piperidine rings is 2. The highest BCUT2D eigenvalue weighted by Gasteiger charge is 2.32. The summed E-state index contributed by atoms with van der Waals surface area (Å²) >= 11 is 0. The molecule has 6 heteroatoms. The number of nitrogens with zero attached hydrogens (tertiary/aromatic N) is 2. The van der Waals surface area contributed by atoms with Crippen LogP contribution in [0.5, 0.6) is 5.75 Å². The quantitative estimate of drug-likeness (QED) is 0.663. The molecule has 2 amide bonds. The fourth-order valence-electron chi connectivity index (χ4n) is 6.23. The minimum absolute atomic E-state index is 0.113. The number of fused-ring (bicyclic) bond motifs is 1. The van der Waals surface area contributed by atoms with Crippen molar-refractivity contribution in [1.29, 1.82) is 0 Å². The first-order chi connectivity index (χ1) is 17.6. The van der Waals surface area contributed by atoms with Crippen LogP contribution in [0.4, 0.5) is 0 Å². The first-order valence-electron chi connectivity index (χ1n) is 13.6. The Balaban J connectivity index is 1.05. The summed E-state index contributed by atoms with van der Waals surface area (Å²) in [6, 6.07) is 17.0. The molecule has 2 saturated heterocycles. The monoisotopic (exact) mass is 489 g/mol. The van der Waals surface area contributed by atoms with Crippen LogP contribution in [0.3, 0.4) is 0 Å². The highest BCUT2D eigenvalue weighted by Crippen LogP contribution is 2.31. The van der Waals surface area contributed by atoms with Crippen LogP contribution >= 0.6 is 0 Å². The molecule has 6 nitrogen and oxygen atoms in total. The van der Waals surface area contributed by atoms with Gasteiger partial charge in [-0.1, -0.05) is 36.4 Å². The van der Waals surface area contributed by atoms with Crippen LogP contribution < -0.4 is 10.1 Å². The maximum absolute atomic E-state index is 13.1. The molecule has 0 radical (unpaired) electrons. The summed E-state index contributed by atoms with van der Waals surface area (Å²) in [5, 5.41) is 3.38. The second-order valence-electron chi connectivity index (χ2n) is 10.6. The summed E-state index contributed by atoms with van der Waals surface area (Å²) in [6.45, 7) is 3.59. The molecule has 2 aromatic carbocycles. The zero-order valence-electron chi connectivity index (χ0n) is 21.5. The third kappa shape index (κ3) is 5.75. The number of benzene rings is 2. The average Bonchev–Trinajstić information content (AvgIpc) is 2.94. The van der Waals surface area contributed by atoms with E-state index in [0.29, 0.717) is 12.5 Å². The summed E-state index contributed by atoms with van der Waals surface area (Å²) in [4.78, 5) is 30.5. The van der Waals surface area contributed by atoms with E-state index in [-0.39, 0.29) is 23.8 Å². The number of carbonyl (C=O) groups is 2. The lowest BCUT2D eigenvalue weighted by Gasteiger charge is -2.41. The standard InChI is InChI=1S/C30H39N3O3/c1-36-26-11-9-22(10-12-26)21-29(34)33-19-15-25(16-20-33)32-17-13-24(14-18-32)30(35)31-28-8-4-6-23-5-2-3-7-27(23)28/h2-3,5,7,9-12,24-25,28H,4,6,8,13-21H2,1H3,(H,31,35). The largest absolute Gasteiger partial charge is 0.497 e. The molecule has 0 saturated carbocycles. The molecule has 2 fully saturated rings. The van der Waals surface area contributed by atoms with Gasteiger partial charge in [0, 0.05) is 25.0 Å². The van der Waals surface area contributed by atoms with Crippen LogP contribution in [0.15, 0.2) is 48.5 Å². The Morgan fingerprint density at radius 1 is 0.917 bits per heavy atom. The number of amides is 2. The number of aryl methyl sites for hydroxylation is 1. The predicted octanol–water partition coefficient (Wildman–Crippen LogP) is 4.13. The number of ether oxygens (including phenoxy) is 1. The molecule has 0 bridgehead atoms. The molecule has 1 aliphatic carbocycles. The molecule has 192 valence electrons. The van der Waals surface area contributed by atoms with E-state index in [4.69, 9.17) is 4.74 Å². The predicted molar refractivity (Wildman–Crippen MR) is 141 cm³/mol. The normalized spacial score (nSPS) is 21.6. The summed E-state index contributed by atoms with van der Waals surface area (Å²) in [6.07, 6.45) is 7.63. The lowest BCUT2D eigenvalue weighted by atomic mass is 9.86. The lowest BCUT2D eigenvalue weighted by Crippen LogP contribution is -2.50. The van der Waals surface area contributed by atoms with Crippen LogP contribution in [-0.4, -0.2) is 60.9 Å². The fraction of sp³-hybridized carbons (Fsp3) is 0.533. The Morgan fingerprint density at radius 2 is 1.64 bits per heavy atom. The van der Waals surface area contributed by atoms with Crippen LogP contribution in [0.2, 0.25) is 0 Å². The van der Waals surface area contributed by atoms with Crippen molar-refractivity contribution >= 4 is 11.8 Å². The van der Waals surface area contributed by atoms with Gasteiger partial charge >= 0.3 is 0 Å². The van der Waals surface area contributed by atoms with Gasteiger partial charge in [0.15, 0.2) is 0 Å². The zero-order chi connectivity index (χ0) is 24.9. The number of carbonyl (C=O) groups excluding carboxylic acids is 2. The van der Waals surface area contributed by atoms with Crippen molar-refractivity contribution in [3.05, 3.63) is 65.2 Å². The average molecular weight is 490 g/mol. The molecular weight excluding hydrogens is 450 g/mol. The Kier molecular flexibility index (Phi) is 7.90. The second-order valence-corrected chi connectivity index (χ2v) is 10.6. The highest BCUT2D eigenvalue weighted by molar-refractivity contribution is 5.79. The Morgan fingerprint density at radius 3 is 2.36 bits per heavy atom. The van der Waals surface area contributed by atoms with Crippen molar-refractivity contribution in [3.8, 4) is 5.75 Å². The molecule has 2 aromatic rings. The summed E-state index contributed by atoms with van der Waals surface area (Å²) in [5.74, 6) is 1.36. The van der Waals surface area contributed by atoms with Gasteiger partial charge in [-0.2, -0.15) is 0 Å². The maximum Gasteiger partial charge on any atom is 0.226 e. The van der Waals surface area contributed by atoms with Crippen LogP contribution in [0.1, 0.15) is 61.3 Å². The smallest absolute Gasteiger partial charge is 0.226 e. The van der Waals surface area contributed by atoms with Gasteiger partial charge in [-0.05, 0) is 86.9 Å². The molecule has 1 unspecified atom stereocenters. The first-order valence-corrected chi connectivity index (χ1v) is 13.6. The fourth-order valence-corrected chi connectivity index (χ4v) is 6.23. The lowest BCUT2D eigenvalue weighted by molar-refractivity contribution is -0.132. The van der Waals surface area contributed by atoms with Crippen LogP contribution in [0, 0.1) is 5.92 Å². The van der Waals surface area contributed by atoms with Crippen LogP contribution in [0.25, 0.3) is 0 Å². The number of nitrogens with one attached hydrogen (secondary N) is 1. The molecule has 1 atom stereocenters. The summed E-state index contributed by atoms with van der Waals surface area (Å²) in [7, 11) is 1.65. The van der Waals surface area contributed by atoms with Crippen molar-refractivity contribution in [2.75, 3.05) is 33.3 Å². The Labute approximate surface area is 215 Å². The van der Waals surface area contributed by atoms with Gasteiger partial charge in [0.05, 0.1) is 19.6 Å². The van der Waals surface area contributed by atoms with Gasteiger partial charge in [-0.3, -0.25) is 9.59 Å². The van der Waals surface area contributed by atoms with E-state index in [1.165, 1.54) is 11.1 Å². The van der Waals surface area contributed by atoms with E-state index < -0.39 is 0 Å². The SMILES string of the molecule is COc1ccc(CC(=O)N2CCC(N3CCC(C(=O)NC4CCCc5ccccc54)CC3)CC2)cc1. The maximum atomic E-state index is 13.1.